The molecule has 7 nitrogen and oxygen atoms in total. The van der Waals surface area contributed by atoms with E-state index in [2.05, 4.69) is 34.5 Å². The van der Waals surface area contributed by atoms with Crippen LogP contribution in [0.2, 0.25) is 0 Å². The van der Waals surface area contributed by atoms with Gasteiger partial charge in [-0.3, -0.25) is 0 Å². The Hall–Kier alpha value is -3.61. The third-order valence-corrected chi connectivity index (χ3v) is 6.67. The van der Waals surface area contributed by atoms with Crippen molar-refractivity contribution >= 4 is 11.9 Å². The molecule has 1 aliphatic carbocycles. The average molecular weight is 459 g/mol. The Morgan fingerprint density at radius 2 is 1.91 bits per heavy atom. The van der Waals surface area contributed by atoms with Crippen LogP contribution in [0.3, 0.4) is 0 Å². The van der Waals surface area contributed by atoms with Crippen LogP contribution in [0.25, 0.3) is 0 Å². The predicted molar refractivity (Wildman–Crippen MR) is 129 cm³/mol. The fourth-order valence-electron chi connectivity index (χ4n) is 4.77. The Morgan fingerprint density at radius 3 is 2.74 bits per heavy atom. The standard InChI is InChI=1S/C27H30N4O3/c1-18-9-6-7-10-21(18)16-33-23-14-8-11-20(15-23)25-24(19(2)30-27-28-17-29-31(25)27)26(32)34-22-12-4-3-5-13-22/h6-11,14-15,17,22,25H,3-5,12-13,16H2,1-2H3,(H,28,29,30). The highest BCUT2D eigenvalue weighted by Crippen LogP contribution is 2.37. The minimum absolute atomic E-state index is 0.0249. The number of benzene rings is 2. The van der Waals surface area contributed by atoms with Crippen LogP contribution < -0.4 is 10.1 Å². The molecule has 7 heteroatoms. The minimum atomic E-state index is -0.447. The van der Waals surface area contributed by atoms with Crippen LogP contribution in [-0.4, -0.2) is 26.8 Å². The van der Waals surface area contributed by atoms with Gasteiger partial charge in [-0.15, -0.1) is 0 Å². The van der Waals surface area contributed by atoms with Crippen LogP contribution in [0.4, 0.5) is 5.95 Å². The number of rotatable bonds is 6. The van der Waals surface area contributed by atoms with Crippen LogP contribution in [-0.2, 0) is 16.1 Å². The monoisotopic (exact) mass is 458 g/mol. The summed E-state index contributed by atoms with van der Waals surface area (Å²) < 4.78 is 13.8. The first-order valence-electron chi connectivity index (χ1n) is 12.0. The first kappa shape index (κ1) is 22.2. The van der Waals surface area contributed by atoms with Crippen LogP contribution in [0.1, 0.15) is 61.8 Å². The molecule has 1 saturated carbocycles. The van der Waals surface area contributed by atoms with Gasteiger partial charge < -0.3 is 14.8 Å². The Kier molecular flexibility index (Phi) is 6.34. The van der Waals surface area contributed by atoms with Crippen LogP contribution in [0.15, 0.2) is 66.1 Å². The molecule has 0 spiro atoms. The minimum Gasteiger partial charge on any atom is -0.489 e. The lowest BCUT2D eigenvalue weighted by Gasteiger charge is -2.30. The van der Waals surface area contributed by atoms with Gasteiger partial charge in [0.05, 0.1) is 5.57 Å². The van der Waals surface area contributed by atoms with Crippen molar-refractivity contribution in [3.8, 4) is 5.75 Å². The Morgan fingerprint density at radius 1 is 1.09 bits per heavy atom. The molecule has 3 aromatic rings. The number of hydrogen-bond acceptors (Lipinski definition) is 6. The topological polar surface area (TPSA) is 78.3 Å². The summed E-state index contributed by atoms with van der Waals surface area (Å²) in [5.41, 5.74) is 4.51. The molecular formula is C27H30N4O3. The lowest BCUT2D eigenvalue weighted by Crippen LogP contribution is -2.32. The molecule has 1 aliphatic heterocycles. The summed E-state index contributed by atoms with van der Waals surface area (Å²) in [7, 11) is 0. The number of nitrogens with zero attached hydrogens (tertiary/aromatic N) is 3. The molecule has 1 aromatic heterocycles. The summed E-state index contributed by atoms with van der Waals surface area (Å²) in [6.07, 6.45) is 6.73. The van der Waals surface area contributed by atoms with E-state index in [9.17, 15) is 4.79 Å². The molecule has 34 heavy (non-hydrogen) atoms. The normalized spacial score (nSPS) is 18.2. The lowest BCUT2D eigenvalue weighted by atomic mass is 9.94. The molecule has 0 saturated heterocycles. The van der Waals surface area contributed by atoms with Crippen LogP contribution >= 0.6 is 0 Å². The van der Waals surface area contributed by atoms with Crippen LogP contribution in [0, 0.1) is 6.92 Å². The zero-order chi connectivity index (χ0) is 23.5. The van der Waals surface area contributed by atoms with E-state index in [1.807, 2.05) is 43.3 Å². The van der Waals surface area contributed by atoms with Gasteiger partial charge in [0.2, 0.25) is 5.95 Å². The van der Waals surface area contributed by atoms with Gasteiger partial charge in [0, 0.05) is 5.70 Å². The van der Waals surface area contributed by atoms with Crippen molar-refractivity contribution in [2.24, 2.45) is 0 Å². The third-order valence-electron chi connectivity index (χ3n) is 6.67. The van der Waals surface area contributed by atoms with Gasteiger partial charge in [0.25, 0.3) is 0 Å². The molecule has 176 valence electrons. The number of nitrogens with one attached hydrogen (secondary N) is 1. The Labute approximate surface area is 199 Å². The average Bonchev–Trinajstić information content (AvgIpc) is 3.31. The molecule has 2 aromatic carbocycles. The molecule has 1 atom stereocenters. The predicted octanol–water partition coefficient (Wildman–Crippen LogP) is 5.33. The van der Waals surface area contributed by atoms with E-state index in [1.54, 1.807) is 4.68 Å². The van der Waals surface area contributed by atoms with E-state index in [4.69, 9.17) is 9.47 Å². The maximum absolute atomic E-state index is 13.4. The van der Waals surface area contributed by atoms with Crippen molar-refractivity contribution in [2.45, 2.75) is 64.7 Å². The molecule has 0 radical (unpaired) electrons. The second-order valence-electron chi connectivity index (χ2n) is 9.05. The summed E-state index contributed by atoms with van der Waals surface area (Å²) in [6, 6.07) is 15.6. The fraction of sp³-hybridized carbons (Fsp3) is 0.370. The molecule has 1 fully saturated rings. The van der Waals surface area contributed by atoms with E-state index >= 15 is 0 Å². The number of esters is 1. The summed E-state index contributed by atoms with van der Waals surface area (Å²) in [5.74, 6) is 1.04. The molecule has 2 heterocycles. The molecule has 2 aliphatic rings. The quantitative estimate of drug-likeness (QED) is 0.503. The summed E-state index contributed by atoms with van der Waals surface area (Å²) >= 11 is 0. The number of ether oxygens (including phenoxy) is 2. The van der Waals surface area contributed by atoms with E-state index in [0.29, 0.717) is 18.1 Å². The summed E-state index contributed by atoms with van der Waals surface area (Å²) in [6.45, 7) is 4.44. The largest absolute Gasteiger partial charge is 0.489 e. The van der Waals surface area contributed by atoms with Gasteiger partial charge in [0.15, 0.2) is 0 Å². The van der Waals surface area contributed by atoms with E-state index in [1.165, 1.54) is 18.3 Å². The van der Waals surface area contributed by atoms with Crippen molar-refractivity contribution < 1.29 is 14.3 Å². The van der Waals surface area contributed by atoms with Crippen molar-refractivity contribution in [2.75, 3.05) is 5.32 Å². The van der Waals surface area contributed by atoms with E-state index in [0.717, 1.165) is 48.3 Å². The number of aromatic nitrogens is 3. The molecule has 1 N–H and O–H groups in total. The smallest absolute Gasteiger partial charge is 0.338 e. The Bertz CT molecular complexity index is 1210. The van der Waals surface area contributed by atoms with Gasteiger partial charge in [-0.2, -0.15) is 10.1 Å². The molecule has 1 unspecified atom stereocenters. The van der Waals surface area contributed by atoms with E-state index < -0.39 is 6.04 Å². The first-order valence-corrected chi connectivity index (χ1v) is 12.0. The fourth-order valence-corrected chi connectivity index (χ4v) is 4.77. The highest BCUT2D eigenvalue weighted by molar-refractivity contribution is 5.92. The third kappa shape index (κ3) is 4.55. The van der Waals surface area contributed by atoms with E-state index in [-0.39, 0.29) is 12.1 Å². The molecule has 0 bridgehead atoms. The Balaban J connectivity index is 1.43. The van der Waals surface area contributed by atoms with Gasteiger partial charge in [0.1, 0.15) is 30.8 Å². The van der Waals surface area contributed by atoms with Crippen LogP contribution in [0.5, 0.6) is 5.75 Å². The number of allylic oxidation sites excluding steroid dienone is 1. The maximum atomic E-state index is 13.4. The summed E-state index contributed by atoms with van der Waals surface area (Å²) in [5, 5.41) is 7.64. The number of hydrogen-bond donors (Lipinski definition) is 1. The molecular weight excluding hydrogens is 428 g/mol. The number of carbonyl (C=O) groups is 1. The van der Waals surface area contributed by atoms with Gasteiger partial charge in [-0.1, -0.05) is 42.8 Å². The lowest BCUT2D eigenvalue weighted by molar-refractivity contribution is -0.146. The number of anilines is 1. The maximum Gasteiger partial charge on any atom is 0.338 e. The number of carbonyl (C=O) groups excluding carboxylic acids is 1. The van der Waals surface area contributed by atoms with Crippen molar-refractivity contribution in [1.82, 2.24) is 14.8 Å². The number of fused-ring (bicyclic) bond motifs is 1. The van der Waals surface area contributed by atoms with Crippen molar-refractivity contribution in [3.05, 3.63) is 82.8 Å². The first-order chi connectivity index (χ1) is 16.6. The van der Waals surface area contributed by atoms with Gasteiger partial charge in [-0.25, -0.2) is 9.48 Å². The van der Waals surface area contributed by atoms with Crippen molar-refractivity contribution in [3.63, 3.8) is 0 Å². The van der Waals surface area contributed by atoms with Gasteiger partial charge in [-0.05, 0) is 68.4 Å². The summed E-state index contributed by atoms with van der Waals surface area (Å²) in [4.78, 5) is 17.7. The zero-order valence-electron chi connectivity index (χ0n) is 19.7. The van der Waals surface area contributed by atoms with Gasteiger partial charge >= 0.3 is 5.97 Å². The van der Waals surface area contributed by atoms with Crippen molar-refractivity contribution in [1.29, 1.82) is 0 Å². The zero-order valence-corrected chi connectivity index (χ0v) is 19.7. The number of aryl methyl sites for hydroxylation is 1. The highest BCUT2D eigenvalue weighted by atomic mass is 16.5. The molecule has 0 amide bonds. The molecule has 5 rings (SSSR count). The second-order valence-corrected chi connectivity index (χ2v) is 9.05. The highest BCUT2D eigenvalue weighted by Gasteiger charge is 2.35. The second kappa shape index (κ2) is 9.71. The SMILES string of the molecule is CC1=C(C(=O)OC2CCCCC2)C(c2cccc(OCc3ccccc3C)c2)n2ncnc2N1.